The molecule has 1 aliphatic heterocycles. The van der Waals surface area contributed by atoms with Gasteiger partial charge in [0.15, 0.2) is 0 Å². The van der Waals surface area contributed by atoms with Crippen LogP contribution in [0.2, 0.25) is 0 Å². The third-order valence-corrected chi connectivity index (χ3v) is 5.86. The highest BCUT2D eigenvalue weighted by molar-refractivity contribution is 6.04. The topological polar surface area (TPSA) is 106 Å². The van der Waals surface area contributed by atoms with Crippen LogP contribution in [0.5, 0.6) is 5.75 Å². The molecule has 1 heterocycles. The summed E-state index contributed by atoms with van der Waals surface area (Å²) >= 11 is 0. The Hall–Kier alpha value is -3.59. The van der Waals surface area contributed by atoms with E-state index in [1.165, 1.54) is 14.2 Å². The maximum absolute atomic E-state index is 12.4. The molecule has 0 spiro atoms. The molecule has 0 unspecified atom stereocenters. The van der Waals surface area contributed by atoms with E-state index in [4.69, 9.17) is 9.47 Å². The van der Waals surface area contributed by atoms with E-state index in [0.29, 0.717) is 17.0 Å². The van der Waals surface area contributed by atoms with E-state index in [2.05, 4.69) is 20.3 Å². The van der Waals surface area contributed by atoms with Crippen LogP contribution in [0.15, 0.2) is 48.5 Å². The van der Waals surface area contributed by atoms with E-state index in [1.807, 2.05) is 24.3 Å². The van der Waals surface area contributed by atoms with Crippen LogP contribution in [0.25, 0.3) is 0 Å². The summed E-state index contributed by atoms with van der Waals surface area (Å²) < 4.78 is 14.6. The van der Waals surface area contributed by atoms with Gasteiger partial charge in [-0.25, -0.2) is 0 Å². The number of anilines is 2. The summed E-state index contributed by atoms with van der Waals surface area (Å²) in [6, 6.07) is 14.0. The van der Waals surface area contributed by atoms with Gasteiger partial charge >= 0.3 is 11.9 Å². The Bertz CT molecular complexity index is 969. The Balaban J connectivity index is 1.51. The van der Waals surface area contributed by atoms with Crippen LogP contribution < -0.4 is 20.3 Å². The number of carbonyl (C=O) groups is 3. The van der Waals surface area contributed by atoms with Crippen molar-refractivity contribution in [3.63, 3.8) is 0 Å². The molecule has 2 aromatic rings. The molecule has 1 fully saturated rings. The summed E-state index contributed by atoms with van der Waals surface area (Å²) in [7, 11) is 4.19. The van der Waals surface area contributed by atoms with Crippen molar-refractivity contribution >= 4 is 29.2 Å². The van der Waals surface area contributed by atoms with Gasteiger partial charge < -0.3 is 29.7 Å². The fourth-order valence-electron chi connectivity index (χ4n) is 3.89. The molecule has 34 heavy (non-hydrogen) atoms. The predicted molar refractivity (Wildman–Crippen MR) is 128 cm³/mol. The minimum atomic E-state index is -0.720. The van der Waals surface area contributed by atoms with Crippen molar-refractivity contribution in [1.29, 1.82) is 0 Å². The summed E-state index contributed by atoms with van der Waals surface area (Å²) in [5.41, 5.74) is 2.32. The summed E-state index contributed by atoms with van der Waals surface area (Å²) in [4.78, 5) is 38.3. The second-order valence-electron chi connectivity index (χ2n) is 8.01. The van der Waals surface area contributed by atoms with Crippen molar-refractivity contribution in [3.05, 3.63) is 54.1 Å². The van der Waals surface area contributed by atoms with Crippen molar-refractivity contribution in [2.24, 2.45) is 0 Å². The van der Waals surface area contributed by atoms with Gasteiger partial charge in [-0.1, -0.05) is 0 Å². The second-order valence-corrected chi connectivity index (χ2v) is 8.01. The summed E-state index contributed by atoms with van der Waals surface area (Å²) in [5, 5.41) is 6.14. The Morgan fingerprint density at radius 1 is 0.941 bits per heavy atom. The number of nitrogens with one attached hydrogen (secondary N) is 2. The molecule has 0 radical (unpaired) electrons. The van der Waals surface area contributed by atoms with E-state index in [-0.39, 0.29) is 18.4 Å². The molecule has 182 valence electrons. The van der Waals surface area contributed by atoms with E-state index >= 15 is 0 Å². The average molecular weight is 470 g/mol. The Kier molecular flexibility index (Phi) is 8.86. The molecule has 1 aliphatic rings. The Morgan fingerprint density at radius 2 is 1.59 bits per heavy atom. The van der Waals surface area contributed by atoms with Crippen molar-refractivity contribution in [1.82, 2.24) is 5.32 Å². The van der Waals surface area contributed by atoms with Gasteiger partial charge in [-0.15, -0.1) is 0 Å². The van der Waals surface area contributed by atoms with Crippen LogP contribution in [-0.2, 0) is 19.1 Å². The molecule has 9 nitrogen and oxygen atoms in total. The highest BCUT2D eigenvalue weighted by atomic mass is 16.5. The number of ether oxygens (including phenoxy) is 3. The molecule has 9 heteroatoms. The largest absolute Gasteiger partial charge is 0.497 e. The molecular weight excluding hydrogens is 438 g/mol. The van der Waals surface area contributed by atoms with Gasteiger partial charge in [0.2, 0.25) is 0 Å². The summed E-state index contributed by atoms with van der Waals surface area (Å²) in [5.74, 6) is -0.418. The number of piperidine rings is 1. The first kappa shape index (κ1) is 25.0. The minimum Gasteiger partial charge on any atom is -0.497 e. The number of nitrogens with zero attached hydrogens (tertiary/aromatic N) is 1. The molecule has 1 saturated heterocycles. The normalized spacial score (nSPS) is 14.7. The molecule has 2 N–H and O–H groups in total. The number of benzene rings is 2. The number of hydrogen-bond acceptors (Lipinski definition) is 8. The van der Waals surface area contributed by atoms with Crippen LogP contribution in [0, 0.1) is 0 Å². The molecule has 1 amide bonds. The molecule has 0 aromatic heterocycles. The molecule has 0 saturated carbocycles. The van der Waals surface area contributed by atoms with Gasteiger partial charge in [-0.2, -0.15) is 0 Å². The number of methoxy groups -OCH3 is 3. The lowest BCUT2D eigenvalue weighted by Gasteiger charge is -2.35. The maximum atomic E-state index is 12.4. The quantitative estimate of drug-likeness (QED) is 0.540. The maximum Gasteiger partial charge on any atom is 0.323 e. The van der Waals surface area contributed by atoms with Crippen LogP contribution in [0.3, 0.4) is 0 Å². The van der Waals surface area contributed by atoms with Crippen LogP contribution in [0.1, 0.15) is 29.6 Å². The van der Waals surface area contributed by atoms with Crippen molar-refractivity contribution in [3.8, 4) is 5.75 Å². The van der Waals surface area contributed by atoms with Crippen molar-refractivity contribution < 1.29 is 28.6 Å². The smallest absolute Gasteiger partial charge is 0.323 e. The summed E-state index contributed by atoms with van der Waals surface area (Å²) in [6.45, 7) is 1.59. The molecule has 3 rings (SSSR count). The van der Waals surface area contributed by atoms with Crippen LogP contribution in [-0.4, -0.2) is 64.3 Å². The first-order chi connectivity index (χ1) is 16.4. The average Bonchev–Trinajstić information content (AvgIpc) is 2.88. The number of hydrogen-bond donors (Lipinski definition) is 2. The Labute approximate surface area is 199 Å². The van der Waals surface area contributed by atoms with E-state index < -0.39 is 18.0 Å². The fourth-order valence-corrected chi connectivity index (χ4v) is 3.89. The number of rotatable bonds is 9. The van der Waals surface area contributed by atoms with Gasteiger partial charge in [0.25, 0.3) is 5.91 Å². The Morgan fingerprint density at radius 3 is 2.15 bits per heavy atom. The lowest BCUT2D eigenvalue weighted by atomic mass is 10.0. The number of carbonyl (C=O) groups excluding carboxylic acids is 3. The lowest BCUT2D eigenvalue weighted by molar-refractivity contribution is -0.149. The van der Waals surface area contributed by atoms with Gasteiger partial charge in [0.05, 0.1) is 27.8 Å². The first-order valence-corrected chi connectivity index (χ1v) is 11.1. The molecule has 0 bridgehead atoms. The highest BCUT2D eigenvalue weighted by Gasteiger charge is 2.28. The van der Waals surface area contributed by atoms with E-state index in [0.717, 1.165) is 31.6 Å². The number of esters is 2. The third-order valence-electron chi connectivity index (χ3n) is 5.86. The van der Waals surface area contributed by atoms with Crippen molar-refractivity contribution in [2.45, 2.75) is 31.3 Å². The van der Waals surface area contributed by atoms with Crippen LogP contribution >= 0.6 is 0 Å². The summed E-state index contributed by atoms with van der Waals surface area (Å²) in [6.07, 6.45) is 1.56. The second kappa shape index (κ2) is 12.0. The van der Waals surface area contributed by atoms with Crippen LogP contribution in [0.4, 0.5) is 11.4 Å². The zero-order chi connectivity index (χ0) is 24.5. The van der Waals surface area contributed by atoms with E-state index in [1.54, 1.807) is 31.4 Å². The first-order valence-electron chi connectivity index (χ1n) is 11.1. The monoisotopic (exact) mass is 469 g/mol. The highest BCUT2D eigenvalue weighted by Crippen LogP contribution is 2.23. The van der Waals surface area contributed by atoms with E-state index in [9.17, 15) is 14.4 Å². The SMILES string of the molecule is COC(=O)C[C@@H](NC1CCN(c2ccc(NC(=O)c3ccc(OC)cc3)cc2)CC1)C(=O)OC. The number of amides is 1. The molecule has 0 aliphatic carbocycles. The van der Waals surface area contributed by atoms with Gasteiger partial charge in [0.1, 0.15) is 11.8 Å². The standard InChI is InChI=1S/C25H31N3O6/c1-32-21-10-4-17(5-11-21)24(30)27-18-6-8-20(9-7-18)28-14-12-19(13-15-28)26-22(25(31)34-3)16-23(29)33-2/h4-11,19,22,26H,12-16H2,1-3H3,(H,27,30)/t22-/m1/s1. The minimum absolute atomic E-state index is 0.0624. The lowest BCUT2D eigenvalue weighted by Crippen LogP contribution is -2.50. The van der Waals surface area contributed by atoms with Gasteiger partial charge in [-0.3, -0.25) is 14.4 Å². The molecule has 1 atom stereocenters. The van der Waals surface area contributed by atoms with Crippen molar-refractivity contribution in [2.75, 3.05) is 44.6 Å². The molecule has 2 aromatic carbocycles. The third kappa shape index (κ3) is 6.71. The fraction of sp³-hybridized carbons (Fsp3) is 0.400. The van der Waals surface area contributed by atoms with Gasteiger partial charge in [0, 0.05) is 36.1 Å². The zero-order valence-corrected chi connectivity index (χ0v) is 19.7. The molecular formula is C25H31N3O6. The zero-order valence-electron chi connectivity index (χ0n) is 19.7. The predicted octanol–water partition coefficient (Wildman–Crippen LogP) is 2.61. The van der Waals surface area contributed by atoms with Gasteiger partial charge in [-0.05, 0) is 61.4 Å².